The molecule has 2 aromatic carbocycles. The lowest BCUT2D eigenvalue weighted by molar-refractivity contribution is 0.0906. The fourth-order valence-corrected chi connectivity index (χ4v) is 5.00. The van der Waals surface area contributed by atoms with E-state index in [0.717, 1.165) is 42.3 Å². The third-order valence-corrected chi connectivity index (χ3v) is 6.81. The van der Waals surface area contributed by atoms with Crippen molar-refractivity contribution in [3.8, 4) is 11.5 Å². The molecule has 3 aromatic rings. The molecule has 0 bridgehead atoms. The van der Waals surface area contributed by atoms with Crippen LogP contribution in [0.5, 0.6) is 11.5 Å². The molecule has 1 aromatic heterocycles. The number of benzene rings is 2. The molecule has 2 aliphatic heterocycles. The number of methoxy groups -OCH3 is 2. The minimum atomic E-state index is -0.265. The van der Waals surface area contributed by atoms with E-state index in [-0.39, 0.29) is 18.0 Å². The Labute approximate surface area is 204 Å². The third-order valence-electron chi connectivity index (χ3n) is 6.81. The van der Waals surface area contributed by atoms with Crippen molar-refractivity contribution >= 4 is 5.69 Å². The molecule has 0 saturated carbocycles. The van der Waals surface area contributed by atoms with E-state index in [0.29, 0.717) is 38.4 Å². The number of halogens is 1. The topological polar surface area (TPSA) is 77.8 Å². The molecule has 0 radical (unpaired) electrons. The van der Waals surface area contributed by atoms with Gasteiger partial charge in [0.05, 0.1) is 32.6 Å². The SMILES string of the molecule is COc1ccc(OC)c([C@H](c2nnnn2C[C@@H]2CCCO2)N2CCN(c3ccccc3F)CC2)c1. The Morgan fingerprint density at radius 3 is 2.63 bits per heavy atom. The van der Waals surface area contributed by atoms with Crippen LogP contribution >= 0.6 is 0 Å². The smallest absolute Gasteiger partial charge is 0.173 e. The summed E-state index contributed by atoms with van der Waals surface area (Å²) in [5, 5.41) is 12.8. The molecular formula is C25H31FN6O3. The second kappa shape index (κ2) is 10.6. The van der Waals surface area contributed by atoms with Gasteiger partial charge < -0.3 is 19.1 Å². The molecule has 10 heteroatoms. The summed E-state index contributed by atoms with van der Waals surface area (Å²) in [6, 6.07) is 12.4. The molecule has 5 rings (SSSR count). The van der Waals surface area contributed by atoms with Crippen LogP contribution in [-0.2, 0) is 11.3 Å². The van der Waals surface area contributed by atoms with E-state index in [1.54, 1.807) is 20.3 Å². The van der Waals surface area contributed by atoms with Gasteiger partial charge in [0.25, 0.3) is 0 Å². The van der Waals surface area contributed by atoms with Gasteiger partial charge in [0.2, 0.25) is 0 Å². The molecule has 0 aliphatic carbocycles. The van der Waals surface area contributed by atoms with Crippen LogP contribution in [0.2, 0.25) is 0 Å². The van der Waals surface area contributed by atoms with E-state index in [1.165, 1.54) is 6.07 Å². The van der Waals surface area contributed by atoms with Crippen molar-refractivity contribution in [2.45, 2.75) is 31.5 Å². The normalized spacial score (nSPS) is 19.6. The number of aromatic nitrogens is 4. The molecule has 0 amide bonds. The summed E-state index contributed by atoms with van der Waals surface area (Å²) in [4.78, 5) is 4.41. The van der Waals surface area contributed by atoms with Crippen molar-refractivity contribution in [3.05, 3.63) is 59.7 Å². The molecule has 35 heavy (non-hydrogen) atoms. The molecule has 0 N–H and O–H groups in total. The van der Waals surface area contributed by atoms with Crippen LogP contribution in [0.1, 0.15) is 30.3 Å². The Balaban J connectivity index is 1.47. The first kappa shape index (κ1) is 23.5. The summed E-state index contributed by atoms with van der Waals surface area (Å²) in [5.41, 5.74) is 1.56. The average molecular weight is 483 g/mol. The molecule has 0 spiro atoms. The number of anilines is 1. The van der Waals surface area contributed by atoms with Gasteiger partial charge in [-0.25, -0.2) is 9.07 Å². The maximum Gasteiger partial charge on any atom is 0.173 e. The van der Waals surface area contributed by atoms with Gasteiger partial charge in [0.15, 0.2) is 5.82 Å². The largest absolute Gasteiger partial charge is 0.497 e. The summed E-state index contributed by atoms with van der Waals surface area (Å²) < 4.78 is 33.4. The lowest BCUT2D eigenvalue weighted by Gasteiger charge is -2.40. The maximum atomic E-state index is 14.4. The molecule has 2 saturated heterocycles. The first-order valence-corrected chi connectivity index (χ1v) is 12.0. The molecule has 2 atom stereocenters. The van der Waals surface area contributed by atoms with Crippen LogP contribution in [0.4, 0.5) is 10.1 Å². The zero-order valence-electron chi connectivity index (χ0n) is 20.1. The second-order valence-corrected chi connectivity index (χ2v) is 8.84. The number of nitrogens with zero attached hydrogens (tertiary/aromatic N) is 6. The van der Waals surface area contributed by atoms with Crippen molar-refractivity contribution in [1.82, 2.24) is 25.1 Å². The number of tetrazole rings is 1. The standard InChI is InChI=1S/C25H31FN6O3/c1-33-18-9-10-23(34-2)20(16-18)24(25-27-28-29-32(25)17-19-6-5-15-35-19)31-13-11-30(12-14-31)22-8-4-3-7-21(22)26/h3-4,7-10,16,19,24H,5-6,11-15,17H2,1-2H3/t19-,24+/m0/s1. The Hall–Kier alpha value is -3.24. The molecule has 0 unspecified atom stereocenters. The van der Waals surface area contributed by atoms with Crippen LogP contribution in [0.25, 0.3) is 0 Å². The number of ether oxygens (including phenoxy) is 3. The minimum Gasteiger partial charge on any atom is -0.497 e. The molecule has 2 fully saturated rings. The quantitative estimate of drug-likeness (QED) is 0.485. The highest BCUT2D eigenvalue weighted by molar-refractivity contribution is 5.48. The van der Waals surface area contributed by atoms with Crippen molar-refractivity contribution < 1.29 is 18.6 Å². The monoisotopic (exact) mass is 482 g/mol. The van der Waals surface area contributed by atoms with Crippen molar-refractivity contribution in [2.24, 2.45) is 0 Å². The zero-order valence-corrected chi connectivity index (χ0v) is 20.1. The number of para-hydroxylation sites is 1. The van der Waals surface area contributed by atoms with Crippen molar-refractivity contribution in [3.63, 3.8) is 0 Å². The summed E-state index contributed by atoms with van der Waals surface area (Å²) in [6.45, 7) is 4.12. The van der Waals surface area contributed by atoms with Crippen LogP contribution in [0.15, 0.2) is 42.5 Å². The van der Waals surface area contributed by atoms with Crippen LogP contribution in [0, 0.1) is 5.82 Å². The van der Waals surface area contributed by atoms with E-state index in [2.05, 4.69) is 25.3 Å². The number of hydrogen-bond donors (Lipinski definition) is 0. The summed E-state index contributed by atoms with van der Waals surface area (Å²) in [5.74, 6) is 1.99. The third kappa shape index (κ3) is 4.94. The van der Waals surface area contributed by atoms with Gasteiger partial charge in [-0.1, -0.05) is 12.1 Å². The van der Waals surface area contributed by atoms with Gasteiger partial charge >= 0.3 is 0 Å². The first-order chi connectivity index (χ1) is 17.2. The predicted octanol–water partition coefficient (Wildman–Crippen LogP) is 2.92. The summed E-state index contributed by atoms with van der Waals surface area (Å²) >= 11 is 0. The Morgan fingerprint density at radius 1 is 1.09 bits per heavy atom. The predicted molar refractivity (Wildman–Crippen MR) is 128 cm³/mol. The van der Waals surface area contributed by atoms with Crippen molar-refractivity contribution in [2.75, 3.05) is 51.9 Å². The number of hydrogen-bond acceptors (Lipinski definition) is 8. The molecule has 3 heterocycles. The lowest BCUT2D eigenvalue weighted by atomic mass is 10.0. The lowest BCUT2D eigenvalue weighted by Crippen LogP contribution is -2.48. The molecule has 9 nitrogen and oxygen atoms in total. The number of rotatable bonds is 8. The van der Waals surface area contributed by atoms with E-state index < -0.39 is 0 Å². The fraction of sp³-hybridized carbons (Fsp3) is 0.480. The minimum absolute atomic E-state index is 0.100. The summed E-state index contributed by atoms with van der Waals surface area (Å²) in [6.07, 6.45) is 2.14. The first-order valence-electron chi connectivity index (χ1n) is 12.0. The average Bonchev–Trinajstić information content (AvgIpc) is 3.58. The van der Waals surface area contributed by atoms with E-state index in [9.17, 15) is 4.39 Å². The van der Waals surface area contributed by atoms with Crippen LogP contribution in [0.3, 0.4) is 0 Å². The van der Waals surface area contributed by atoms with E-state index in [1.807, 2.05) is 35.0 Å². The van der Waals surface area contributed by atoms with Crippen molar-refractivity contribution in [1.29, 1.82) is 0 Å². The Bertz CT molecular complexity index is 1130. The second-order valence-electron chi connectivity index (χ2n) is 8.84. The van der Waals surface area contributed by atoms with Crippen LogP contribution < -0.4 is 14.4 Å². The van der Waals surface area contributed by atoms with E-state index >= 15 is 0 Å². The Morgan fingerprint density at radius 2 is 1.91 bits per heavy atom. The molecular weight excluding hydrogens is 451 g/mol. The van der Waals surface area contributed by atoms with Crippen LogP contribution in [-0.4, -0.2) is 78.2 Å². The van der Waals surface area contributed by atoms with E-state index in [4.69, 9.17) is 14.2 Å². The Kier molecular flexibility index (Phi) is 7.10. The molecule has 2 aliphatic rings. The highest BCUT2D eigenvalue weighted by Crippen LogP contribution is 2.37. The van der Waals surface area contributed by atoms with Gasteiger partial charge in [-0.05, 0) is 53.6 Å². The molecule has 186 valence electrons. The number of piperazine rings is 1. The van der Waals surface area contributed by atoms with Gasteiger partial charge in [-0.3, -0.25) is 4.90 Å². The summed E-state index contributed by atoms with van der Waals surface area (Å²) in [7, 11) is 3.31. The maximum absolute atomic E-state index is 14.4. The van der Waals surface area contributed by atoms with Gasteiger partial charge in [-0.2, -0.15) is 0 Å². The van der Waals surface area contributed by atoms with Gasteiger partial charge in [0, 0.05) is 38.3 Å². The zero-order chi connectivity index (χ0) is 24.2. The highest BCUT2D eigenvalue weighted by atomic mass is 19.1. The van der Waals surface area contributed by atoms with Gasteiger partial charge in [0.1, 0.15) is 23.4 Å². The fourth-order valence-electron chi connectivity index (χ4n) is 5.00. The highest BCUT2D eigenvalue weighted by Gasteiger charge is 2.34. The van der Waals surface area contributed by atoms with Gasteiger partial charge in [-0.15, -0.1) is 5.10 Å².